The molecule has 0 radical (unpaired) electrons. The maximum absolute atomic E-state index is 13.1. The first kappa shape index (κ1) is 23.1. The fraction of sp³-hybridized carbons (Fsp3) is 0.250. The van der Waals surface area contributed by atoms with E-state index in [2.05, 4.69) is 21.2 Å². The number of ether oxygens (including phenoxy) is 1. The fourth-order valence-electron chi connectivity index (χ4n) is 3.28. The standard InChI is InChI=1S/C24H24BrClN2O3/c1-3-27-24(30)16(2)28(14-17-7-6-9-19(26)13-17)22(29)15-31-21-12-11-18-8-4-5-10-20(18)23(21)25/h4-13,16H,3,14-15H2,1-2H3,(H,27,30). The summed E-state index contributed by atoms with van der Waals surface area (Å²) in [7, 11) is 0. The highest BCUT2D eigenvalue weighted by atomic mass is 79.9. The molecule has 1 atom stereocenters. The summed E-state index contributed by atoms with van der Waals surface area (Å²) in [5.41, 5.74) is 0.837. The normalized spacial score (nSPS) is 11.7. The quantitative estimate of drug-likeness (QED) is 0.460. The van der Waals surface area contributed by atoms with Crippen molar-refractivity contribution in [3.63, 3.8) is 0 Å². The van der Waals surface area contributed by atoms with Crippen LogP contribution in [0.25, 0.3) is 10.8 Å². The van der Waals surface area contributed by atoms with Gasteiger partial charge >= 0.3 is 0 Å². The molecule has 0 aromatic heterocycles. The van der Waals surface area contributed by atoms with Crippen LogP contribution in [0.1, 0.15) is 19.4 Å². The topological polar surface area (TPSA) is 58.6 Å². The Morgan fingerprint density at radius 1 is 1.13 bits per heavy atom. The zero-order valence-electron chi connectivity index (χ0n) is 17.4. The van der Waals surface area contributed by atoms with E-state index in [-0.39, 0.29) is 25.0 Å². The lowest BCUT2D eigenvalue weighted by Gasteiger charge is -2.28. The molecule has 5 nitrogen and oxygen atoms in total. The molecule has 0 heterocycles. The Morgan fingerprint density at radius 3 is 2.65 bits per heavy atom. The number of likely N-dealkylation sites (N-methyl/N-ethyl adjacent to an activating group) is 1. The minimum atomic E-state index is -0.657. The van der Waals surface area contributed by atoms with E-state index in [0.29, 0.717) is 17.3 Å². The van der Waals surface area contributed by atoms with Crippen molar-refractivity contribution in [2.45, 2.75) is 26.4 Å². The van der Waals surface area contributed by atoms with Crippen molar-refractivity contribution < 1.29 is 14.3 Å². The first-order valence-electron chi connectivity index (χ1n) is 10.0. The summed E-state index contributed by atoms with van der Waals surface area (Å²) in [5, 5.41) is 5.42. The Morgan fingerprint density at radius 2 is 1.90 bits per heavy atom. The number of nitrogens with one attached hydrogen (secondary N) is 1. The largest absolute Gasteiger partial charge is 0.483 e. The third kappa shape index (κ3) is 5.77. The van der Waals surface area contributed by atoms with Crippen molar-refractivity contribution in [3.8, 4) is 5.75 Å². The average molecular weight is 504 g/mol. The molecule has 31 heavy (non-hydrogen) atoms. The van der Waals surface area contributed by atoms with E-state index in [4.69, 9.17) is 16.3 Å². The first-order chi connectivity index (χ1) is 14.9. The molecule has 1 N–H and O–H groups in total. The summed E-state index contributed by atoms with van der Waals surface area (Å²) >= 11 is 9.67. The molecule has 162 valence electrons. The molecule has 7 heteroatoms. The molecular weight excluding hydrogens is 480 g/mol. The Labute approximate surface area is 195 Å². The van der Waals surface area contributed by atoms with Crippen LogP contribution in [0.3, 0.4) is 0 Å². The molecule has 1 unspecified atom stereocenters. The third-order valence-corrected chi connectivity index (χ3v) is 5.99. The summed E-state index contributed by atoms with van der Waals surface area (Å²) in [6.45, 7) is 4.09. The molecule has 0 aliphatic carbocycles. The second-order valence-corrected chi connectivity index (χ2v) is 8.34. The number of halogens is 2. The highest BCUT2D eigenvalue weighted by Crippen LogP contribution is 2.33. The SMILES string of the molecule is CCNC(=O)C(C)N(Cc1cccc(Cl)c1)C(=O)COc1ccc2ccccc2c1Br. The predicted molar refractivity (Wildman–Crippen MR) is 127 cm³/mol. The van der Waals surface area contributed by atoms with Crippen LogP contribution in [-0.2, 0) is 16.1 Å². The van der Waals surface area contributed by atoms with Gasteiger partial charge in [-0.1, -0.05) is 54.1 Å². The second-order valence-electron chi connectivity index (χ2n) is 7.11. The van der Waals surface area contributed by atoms with Gasteiger partial charge in [0.2, 0.25) is 5.91 Å². The number of carbonyl (C=O) groups excluding carboxylic acids is 2. The third-order valence-electron chi connectivity index (χ3n) is 4.94. The van der Waals surface area contributed by atoms with Gasteiger partial charge < -0.3 is 15.0 Å². The summed E-state index contributed by atoms with van der Waals surface area (Å²) in [6, 6.07) is 18.3. The molecular formula is C24H24BrClN2O3. The maximum atomic E-state index is 13.1. The summed E-state index contributed by atoms with van der Waals surface area (Å²) < 4.78 is 6.63. The van der Waals surface area contributed by atoms with Crippen LogP contribution in [0.2, 0.25) is 5.02 Å². The molecule has 3 rings (SSSR count). The van der Waals surface area contributed by atoms with Gasteiger partial charge in [0.1, 0.15) is 11.8 Å². The van der Waals surface area contributed by atoms with Crippen molar-refractivity contribution in [2.75, 3.05) is 13.2 Å². The van der Waals surface area contributed by atoms with Gasteiger partial charge in [-0.15, -0.1) is 0 Å². The number of nitrogens with zero attached hydrogens (tertiary/aromatic N) is 1. The fourth-order valence-corrected chi connectivity index (χ4v) is 4.10. The number of hydrogen-bond donors (Lipinski definition) is 1. The maximum Gasteiger partial charge on any atom is 0.261 e. The minimum Gasteiger partial charge on any atom is -0.483 e. The number of hydrogen-bond acceptors (Lipinski definition) is 3. The Hall–Kier alpha value is -2.57. The van der Waals surface area contributed by atoms with E-state index in [1.807, 2.05) is 55.5 Å². The van der Waals surface area contributed by atoms with Gasteiger partial charge in [-0.3, -0.25) is 9.59 Å². The smallest absolute Gasteiger partial charge is 0.261 e. The lowest BCUT2D eigenvalue weighted by Crippen LogP contribution is -2.49. The Bertz CT molecular complexity index is 1090. The zero-order valence-corrected chi connectivity index (χ0v) is 19.7. The highest BCUT2D eigenvalue weighted by Gasteiger charge is 2.26. The summed E-state index contributed by atoms with van der Waals surface area (Å²) in [4.78, 5) is 27.1. The number of carbonyl (C=O) groups is 2. The molecule has 0 spiro atoms. The van der Waals surface area contributed by atoms with Gasteiger partial charge in [0.05, 0.1) is 4.47 Å². The van der Waals surface area contributed by atoms with Crippen LogP contribution in [0.4, 0.5) is 0 Å². The van der Waals surface area contributed by atoms with Crippen molar-refractivity contribution in [1.82, 2.24) is 10.2 Å². The van der Waals surface area contributed by atoms with Crippen molar-refractivity contribution in [3.05, 3.63) is 75.7 Å². The van der Waals surface area contributed by atoms with E-state index >= 15 is 0 Å². The van der Waals surface area contributed by atoms with E-state index in [1.165, 1.54) is 4.90 Å². The van der Waals surface area contributed by atoms with E-state index < -0.39 is 6.04 Å². The molecule has 0 saturated heterocycles. The number of rotatable bonds is 8. The summed E-state index contributed by atoms with van der Waals surface area (Å²) in [5.74, 6) is 0.0592. The Balaban J connectivity index is 1.79. The van der Waals surface area contributed by atoms with Crippen LogP contribution in [-0.4, -0.2) is 35.9 Å². The molecule has 0 fully saturated rings. The first-order valence-corrected chi connectivity index (χ1v) is 11.2. The van der Waals surface area contributed by atoms with Gasteiger partial charge in [0, 0.05) is 18.1 Å². The van der Waals surface area contributed by atoms with Crippen molar-refractivity contribution in [1.29, 1.82) is 0 Å². The molecule has 2 amide bonds. The number of benzene rings is 3. The van der Waals surface area contributed by atoms with E-state index in [1.54, 1.807) is 19.1 Å². The van der Waals surface area contributed by atoms with E-state index in [9.17, 15) is 9.59 Å². The Kier molecular flexibility index (Phi) is 7.93. The number of amides is 2. The lowest BCUT2D eigenvalue weighted by atomic mass is 10.1. The molecule has 3 aromatic rings. The lowest BCUT2D eigenvalue weighted by molar-refractivity contribution is -0.142. The van der Waals surface area contributed by atoms with Gasteiger partial charge in [0.25, 0.3) is 5.91 Å². The van der Waals surface area contributed by atoms with Crippen LogP contribution >= 0.6 is 27.5 Å². The van der Waals surface area contributed by atoms with Gasteiger partial charge in [-0.2, -0.15) is 0 Å². The molecule has 0 aliphatic heterocycles. The molecule has 0 bridgehead atoms. The van der Waals surface area contributed by atoms with Gasteiger partial charge in [-0.25, -0.2) is 0 Å². The van der Waals surface area contributed by atoms with Crippen molar-refractivity contribution in [2.24, 2.45) is 0 Å². The van der Waals surface area contributed by atoms with Gasteiger partial charge in [-0.05, 0) is 64.3 Å². The van der Waals surface area contributed by atoms with Crippen LogP contribution in [0, 0.1) is 0 Å². The van der Waals surface area contributed by atoms with Crippen LogP contribution < -0.4 is 10.1 Å². The highest BCUT2D eigenvalue weighted by molar-refractivity contribution is 9.10. The second kappa shape index (κ2) is 10.6. The minimum absolute atomic E-state index is 0.193. The average Bonchev–Trinajstić information content (AvgIpc) is 2.77. The summed E-state index contributed by atoms with van der Waals surface area (Å²) in [6.07, 6.45) is 0. The predicted octanol–water partition coefficient (Wildman–Crippen LogP) is 5.19. The number of fused-ring (bicyclic) bond motifs is 1. The zero-order chi connectivity index (χ0) is 22.4. The van der Waals surface area contributed by atoms with Gasteiger partial charge in [0.15, 0.2) is 6.61 Å². The molecule has 0 aliphatic rings. The molecule has 3 aromatic carbocycles. The van der Waals surface area contributed by atoms with Crippen LogP contribution in [0.5, 0.6) is 5.75 Å². The van der Waals surface area contributed by atoms with E-state index in [0.717, 1.165) is 20.8 Å². The molecule has 0 saturated carbocycles. The monoisotopic (exact) mass is 502 g/mol. The van der Waals surface area contributed by atoms with Crippen molar-refractivity contribution >= 4 is 50.1 Å². The van der Waals surface area contributed by atoms with Crippen LogP contribution in [0.15, 0.2) is 65.1 Å².